The van der Waals surface area contributed by atoms with Crippen molar-refractivity contribution in [1.29, 1.82) is 0 Å². The van der Waals surface area contributed by atoms with Crippen molar-refractivity contribution in [3.8, 4) is 5.75 Å². The van der Waals surface area contributed by atoms with E-state index in [0.717, 1.165) is 28.9 Å². The van der Waals surface area contributed by atoms with E-state index in [1.807, 2.05) is 26.0 Å². The van der Waals surface area contributed by atoms with Crippen LogP contribution in [0.2, 0.25) is 0 Å². The van der Waals surface area contributed by atoms with E-state index < -0.39 is 0 Å². The van der Waals surface area contributed by atoms with E-state index >= 15 is 0 Å². The monoisotopic (exact) mass is 316 g/mol. The number of hydrogen-bond acceptors (Lipinski definition) is 3. The summed E-state index contributed by atoms with van der Waals surface area (Å²) in [4.78, 5) is 4.35. The third-order valence-corrected chi connectivity index (χ3v) is 4.18. The summed E-state index contributed by atoms with van der Waals surface area (Å²) in [6, 6.07) is 4.01. The summed E-state index contributed by atoms with van der Waals surface area (Å²) in [6.45, 7) is 20.6. The number of anilines is 1. The van der Waals surface area contributed by atoms with Gasteiger partial charge >= 0.3 is 0 Å². The number of rotatable bonds is 5. The van der Waals surface area contributed by atoms with Crippen LogP contribution < -0.4 is 5.32 Å². The molecule has 0 heterocycles. The van der Waals surface area contributed by atoms with Crippen LogP contribution in [0.5, 0.6) is 5.75 Å². The van der Waals surface area contributed by atoms with Crippen molar-refractivity contribution in [3.05, 3.63) is 35.7 Å². The maximum absolute atomic E-state index is 10.8. The van der Waals surface area contributed by atoms with Crippen molar-refractivity contribution in [3.63, 3.8) is 0 Å². The molecule has 0 spiro atoms. The maximum Gasteiger partial charge on any atom is 0.123 e. The van der Waals surface area contributed by atoms with Crippen molar-refractivity contribution >= 4 is 11.4 Å². The van der Waals surface area contributed by atoms with E-state index in [1.165, 1.54) is 0 Å². The zero-order chi connectivity index (χ0) is 18.0. The van der Waals surface area contributed by atoms with Crippen LogP contribution in [0.15, 0.2) is 29.5 Å². The van der Waals surface area contributed by atoms with Crippen LogP contribution in [0, 0.1) is 0 Å². The summed E-state index contributed by atoms with van der Waals surface area (Å²) >= 11 is 0. The van der Waals surface area contributed by atoms with Crippen molar-refractivity contribution in [2.75, 3.05) is 5.32 Å². The highest BCUT2D eigenvalue weighted by Gasteiger charge is 2.28. The molecule has 3 heteroatoms. The van der Waals surface area contributed by atoms with Gasteiger partial charge in [0.2, 0.25) is 0 Å². The topological polar surface area (TPSA) is 44.6 Å². The molecule has 0 aliphatic rings. The summed E-state index contributed by atoms with van der Waals surface area (Å²) < 4.78 is 0. The van der Waals surface area contributed by atoms with Crippen LogP contribution in [-0.2, 0) is 10.8 Å². The molecule has 2 N–H and O–H groups in total. The maximum atomic E-state index is 10.8. The second kappa shape index (κ2) is 6.77. The first-order valence-corrected chi connectivity index (χ1v) is 8.24. The lowest BCUT2D eigenvalue weighted by Crippen LogP contribution is -2.20. The smallest absolute Gasteiger partial charge is 0.123 e. The molecule has 0 amide bonds. The number of phenols is 1. The van der Waals surface area contributed by atoms with E-state index in [-0.39, 0.29) is 10.8 Å². The standard InChI is InChI=1S/C20H32N2O/c1-10-20(8,9)17-12-15(22-14(4)21-13(2)3)11-16(18(17)23)19(5,6)7/h11-12,22-23H,4,10H2,1-3,5-9H3. The number of nitrogens with zero attached hydrogens (tertiary/aromatic N) is 1. The summed E-state index contributed by atoms with van der Waals surface area (Å²) in [6.07, 6.45) is 0.945. The van der Waals surface area contributed by atoms with Gasteiger partial charge in [0.15, 0.2) is 0 Å². The van der Waals surface area contributed by atoms with Crippen molar-refractivity contribution < 1.29 is 5.11 Å². The third kappa shape index (κ3) is 4.85. The lowest BCUT2D eigenvalue weighted by molar-refractivity contribution is 0.410. The molecular formula is C20H32N2O. The van der Waals surface area contributed by atoms with E-state index in [2.05, 4.69) is 58.4 Å². The van der Waals surface area contributed by atoms with Crippen LogP contribution in [0.25, 0.3) is 0 Å². The van der Waals surface area contributed by atoms with Crippen LogP contribution in [0.3, 0.4) is 0 Å². The normalized spacial score (nSPS) is 12.0. The van der Waals surface area contributed by atoms with E-state index in [9.17, 15) is 5.11 Å². The van der Waals surface area contributed by atoms with Crippen LogP contribution in [0.4, 0.5) is 5.69 Å². The number of phenolic OH excluding ortho intramolecular Hbond substituents is 1. The molecule has 1 aromatic rings. The zero-order valence-corrected chi connectivity index (χ0v) is 16.0. The van der Waals surface area contributed by atoms with Gasteiger partial charge in [-0.1, -0.05) is 48.1 Å². The largest absolute Gasteiger partial charge is 0.507 e. The molecule has 0 aliphatic carbocycles. The first-order valence-electron chi connectivity index (χ1n) is 8.24. The molecule has 1 rings (SSSR count). The first kappa shape index (κ1) is 19.3. The molecule has 0 unspecified atom stereocenters. The van der Waals surface area contributed by atoms with Crippen LogP contribution in [-0.4, -0.2) is 10.8 Å². The second-order valence-electron chi connectivity index (χ2n) is 8.04. The van der Waals surface area contributed by atoms with Gasteiger partial charge in [0, 0.05) is 22.5 Å². The Morgan fingerprint density at radius 3 is 2.09 bits per heavy atom. The van der Waals surface area contributed by atoms with E-state index in [1.54, 1.807) is 0 Å². The molecule has 0 aliphatic heterocycles. The van der Waals surface area contributed by atoms with Gasteiger partial charge in [-0.05, 0) is 43.2 Å². The molecule has 128 valence electrons. The average molecular weight is 316 g/mol. The van der Waals surface area contributed by atoms with Crippen LogP contribution >= 0.6 is 0 Å². The van der Waals surface area contributed by atoms with Gasteiger partial charge in [-0.3, -0.25) is 0 Å². The molecule has 0 fully saturated rings. The lowest BCUT2D eigenvalue weighted by atomic mass is 9.77. The van der Waals surface area contributed by atoms with Crippen LogP contribution in [0.1, 0.15) is 72.9 Å². The molecule has 0 bridgehead atoms. The van der Waals surface area contributed by atoms with Crippen molar-refractivity contribution in [2.24, 2.45) is 4.99 Å². The first-order chi connectivity index (χ1) is 10.4. The summed E-state index contributed by atoms with van der Waals surface area (Å²) in [5.41, 5.74) is 3.51. The van der Waals surface area contributed by atoms with E-state index in [0.29, 0.717) is 11.6 Å². The highest BCUT2D eigenvalue weighted by molar-refractivity contribution is 5.80. The molecule has 1 aromatic carbocycles. The van der Waals surface area contributed by atoms with E-state index in [4.69, 9.17) is 0 Å². The average Bonchev–Trinajstić information content (AvgIpc) is 2.38. The molecule has 0 radical (unpaired) electrons. The number of nitrogens with one attached hydrogen (secondary N) is 1. The summed E-state index contributed by atoms with van der Waals surface area (Å²) in [7, 11) is 0. The van der Waals surface area contributed by atoms with Crippen molar-refractivity contribution in [2.45, 2.75) is 72.6 Å². The van der Waals surface area contributed by atoms with Gasteiger partial charge in [0.05, 0.1) is 0 Å². The molecule has 23 heavy (non-hydrogen) atoms. The molecule has 0 aromatic heterocycles. The van der Waals surface area contributed by atoms with Crippen molar-refractivity contribution in [1.82, 2.24) is 0 Å². The Hall–Kier alpha value is -1.77. The zero-order valence-electron chi connectivity index (χ0n) is 16.0. The molecule has 0 atom stereocenters. The SMILES string of the molecule is C=C(N=C(C)C)Nc1cc(C(C)(C)C)c(O)c(C(C)(C)CC)c1. The molecular weight excluding hydrogens is 284 g/mol. The fraction of sp³-hybridized carbons (Fsp3) is 0.550. The van der Waals surface area contributed by atoms with Gasteiger partial charge < -0.3 is 10.4 Å². The highest BCUT2D eigenvalue weighted by Crippen LogP contribution is 2.42. The van der Waals surface area contributed by atoms with Gasteiger partial charge in [-0.25, -0.2) is 4.99 Å². The lowest BCUT2D eigenvalue weighted by Gasteiger charge is -2.30. The number of aliphatic imine (C=N–C) groups is 1. The van der Waals surface area contributed by atoms with Gasteiger partial charge in [-0.2, -0.15) is 0 Å². The predicted octanol–water partition coefficient (Wildman–Crippen LogP) is 5.74. The summed E-state index contributed by atoms with van der Waals surface area (Å²) in [5.74, 6) is 1.01. The minimum Gasteiger partial charge on any atom is -0.507 e. The quantitative estimate of drug-likeness (QED) is 0.537. The highest BCUT2D eigenvalue weighted by atomic mass is 16.3. The predicted molar refractivity (Wildman–Crippen MR) is 102 cm³/mol. The molecule has 0 saturated carbocycles. The Morgan fingerprint density at radius 2 is 1.65 bits per heavy atom. The fourth-order valence-corrected chi connectivity index (χ4v) is 2.45. The summed E-state index contributed by atoms with van der Waals surface area (Å²) in [5, 5.41) is 14.1. The van der Waals surface area contributed by atoms with Gasteiger partial charge in [0.25, 0.3) is 0 Å². The minimum atomic E-state index is -0.147. The fourth-order valence-electron chi connectivity index (χ4n) is 2.45. The molecule has 0 saturated heterocycles. The number of benzene rings is 1. The van der Waals surface area contributed by atoms with Gasteiger partial charge in [-0.15, -0.1) is 0 Å². The molecule has 3 nitrogen and oxygen atoms in total. The Kier molecular flexibility index (Phi) is 5.68. The Balaban J connectivity index is 3.47. The Bertz CT molecular complexity index is 615. The number of aromatic hydroxyl groups is 1. The Labute approximate surface area is 141 Å². The minimum absolute atomic E-state index is 0.104. The number of hydrogen-bond donors (Lipinski definition) is 2. The third-order valence-electron chi connectivity index (χ3n) is 4.18. The van der Waals surface area contributed by atoms with Gasteiger partial charge in [0.1, 0.15) is 11.6 Å². The second-order valence-corrected chi connectivity index (χ2v) is 8.04. The Morgan fingerprint density at radius 1 is 1.13 bits per heavy atom.